The average molecular weight is 423 g/mol. The number of methoxy groups -OCH3 is 1. The van der Waals surface area contributed by atoms with Gasteiger partial charge in [-0.1, -0.05) is 28.1 Å². The number of carbonyl (C=O) groups is 1. The number of ether oxygens (including phenoxy) is 1. The van der Waals surface area contributed by atoms with Gasteiger partial charge in [0, 0.05) is 34.2 Å². The molecule has 0 saturated heterocycles. The first kappa shape index (κ1) is 18.9. The molecule has 0 aliphatic rings. The Bertz CT molecular complexity index is 938. The van der Waals surface area contributed by atoms with Crippen molar-refractivity contribution in [2.75, 3.05) is 12.4 Å². The van der Waals surface area contributed by atoms with Crippen molar-refractivity contribution in [3.8, 4) is 5.75 Å². The zero-order chi connectivity index (χ0) is 19.1. The van der Waals surface area contributed by atoms with E-state index < -0.39 is 0 Å². The second-order valence-corrected chi connectivity index (χ2v) is 6.85. The molecule has 0 fully saturated rings. The first-order valence-electron chi connectivity index (χ1n) is 8.44. The summed E-state index contributed by atoms with van der Waals surface area (Å²) in [7, 11) is 1.61. The van der Waals surface area contributed by atoms with Crippen LogP contribution >= 0.6 is 15.9 Å². The van der Waals surface area contributed by atoms with Crippen LogP contribution in [0.2, 0.25) is 0 Å². The van der Waals surface area contributed by atoms with Crippen LogP contribution in [0.15, 0.2) is 77.5 Å². The molecule has 1 N–H and O–H groups in total. The van der Waals surface area contributed by atoms with Crippen LogP contribution in [0, 0.1) is 0 Å². The van der Waals surface area contributed by atoms with Crippen molar-refractivity contribution < 1.29 is 9.53 Å². The van der Waals surface area contributed by atoms with E-state index in [1.807, 2.05) is 54.6 Å². The summed E-state index contributed by atoms with van der Waals surface area (Å²) >= 11 is 3.42. The summed E-state index contributed by atoms with van der Waals surface area (Å²) in [6.07, 6.45) is 7.64. The molecule has 1 aromatic heterocycles. The number of halogens is 1. The average Bonchev–Trinajstić information content (AvgIpc) is 2.69. The minimum Gasteiger partial charge on any atom is -0.496 e. The number of amides is 1. The van der Waals surface area contributed by atoms with Gasteiger partial charge in [0.15, 0.2) is 0 Å². The number of benzene rings is 2. The molecule has 4 nitrogen and oxygen atoms in total. The van der Waals surface area contributed by atoms with E-state index >= 15 is 0 Å². The first-order valence-corrected chi connectivity index (χ1v) is 9.24. The van der Waals surface area contributed by atoms with Crippen LogP contribution in [0.25, 0.3) is 6.08 Å². The summed E-state index contributed by atoms with van der Waals surface area (Å²) in [4.78, 5) is 16.2. The van der Waals surface area contributed by atoms with Gasteiger partial charge in [-0.25, -0.2) is 0 Å². The standard InChI is InChI=1S/C22H19BrN2O2/c1-27-21-8-5-19(23)15-18(21)4-9-22(26)25-20-6-2-16(3-7-20)14-17-10-12-24-13-11-17/h2-13,15H,14H2,1H3,(H,25,26). The summed E-state index contributed by atoms with van der Waals surface area (Å²) in [5, 5.41) is 2.87. The third kappa shape index (κ3) is 5.53. The summed E-state index contributed by atoms with van der Waals surface area (Å²) in [5.41, 5.74) is 3.96. The Kier molecular flexibility index (Phi) is 6.39. The molecule has 27 heavy (non-hydrogen) atoms. The predicted octanol–water partition coefficient (Wildman–Crippen LogP) is 5.10. The molecule has 0 atom stereocenters. The van der Waals surface area contributed by atoms with Crippen LogP contribution in [0.4, 0.5) is 5.69 Å². The molecule has 0 aliphatic heterocycles. The minimum absolute atomic E-state index is 0.195. The summed E-state index contributed by atoms with van der Waals surface area (Å²) in [6.45, 7) is 0. The van der Waals surface area contributed by atoms with Gasteiger partial charge in [0.05, 0.1) is 7.11 Å². The van der Waals surface area contributed by atoms with E-state index in [9.17, 15) is 4.79 Å². The molecular weight excluding hydrogens is 404 g/mol. The van der Waals surface area contributed by atoms with E-state index in [2.05, 4.69) is 26.2 Å². The third-order valence-electron chi connectivity index (χ3n) is 3.99. The Balaban J connectivity index is 1.62. The molecule has 0 unspecified atom stereocenters. The van der Waals surface area contributed by atoms with E-state index in [1.165, 1.54) is 17.2 Å². The summed E-state index contributed by atoms with van der Waals surface area (Å²) < 4.78 is 6.23. The quantitative estimate of drug-likeness (QED) is 0.562. The van der Waals surface area contributed by atoms with Crippen molar-refractivity contribution in [2.24, 2.45) is 0 Å². The second-order valence-electron chi connectivity index (χ2n) is 5.94. The maximum Gasteiger partial charge on any atom is 0.248 e. The van der Waals surface area contributed by atoms with Crippen molar-refractivity contribution >= 4 is 33.6 Å². The Morgan fingerprint density at radius 3 is 2.48 bits per heavy atom. The largest absolute Gasteiger partial charge is 0.496 e. The van der Waals surface area contributed by atoms with Crippen LogP contribution in [-0.4, -0.2) is 18.0 Å². The molecule has 136 valence electrons. The molecule has 0 saturated carbocycles. The Labute approximate surface area is 167 Å². The molecule has 1 heterocycles. The van der Waals surface area contributed by atoms with Crippen molar-refractivity contribution in [2.45, 2.75) is 6.42 Å². The maximum atomic E-state index is 12.2. The molecule has 0 aliphatic carbocycles. The number of pyridine rings is 1. The van der Waals surface area contributed by atoms with Gasteiger partial charge >= 0.3 is 0 Å². The van der Waals surface area contributed by atoms with Crippen molar-refractivity contribution in [3.05, 3.63) is 94.2 Å². The molecule has 2 aromatic carbocycles. The van der Waals surface area contributed by atoms with Gasteiger partial charge in [-0.3, -0.25) is 9.78 Å². The SMILES string of the molecule is COc1ccc(Br)cc1C=CC(=O)Nc1ccc(Cc2ccncc2)cc1. The van der Waals surface area contributed by atoms with Crippen molar-refractivity contribution in [1.29, 1.82) is 0 Å². The number of carbonyl (C=O) groups excluding carboxylic acids is 1. The second kappa shape index (κ2) is 9.14. The van der Waals surface area contributed by atoms with Gasteiger partial charge in [0.2, 0.25) is 5.91 Å². The Morgan fingerprint density at radius 2 is 1.78 bits per heavy atom. The lowest BCUT2D eigenvalue weighted by molar-refractivity contribution is -0.111. The van der Waals surface area contributed by atoms with E-state index in [1.54, 1.807) is 25.6 Å². The lowest BCUT2D eigenvalue weighted by Crippen LogP contribution is -2.07. The summed E-state index contributed by atoms with van der Waals surface area (Å²) in [5.74, 6) is 0.515. The fourth-order valence-corrected chi connectivity index (χ4v) is 3.01. The zero-order valence-corrected chi connectivity index (χ0v) is 16.4. The predicted molar refractivity (Wildman–Crippen MR) is 112 cm³/mol. The van der Waals surface area contributed by atoms with Crippen LogP contribution in [-0.2, 0) is 11.2 Å². The third-order valence-corrected chi connectivity index (χ3v) is 4.48. The Morgan fingerprint density at radius 1 is 1.07 bits per heavy atom. The van der Waals surface area contributed by atoms with Crippen LogP contribution in [0.5, 0.6) is 5.75 Å². The Hall–Kier alpha value is -2.92. The van der Waals surface area contributed by atoms with E-state index in [0.29, 0.717) is 5.75 Å². The highest BCUT2D eigenvalue weighted by molar-refractivity contribution is 9.10. The molecular formula is C22H19BrN2O2. The van der Waals surface area contributed by atoms with Crippen molar-refractivity contribution in [3.63, 3.8) is 0 Å². The van der Waals surface area contributed by atoms with Crippen LogP contribution in [0.1, 0.15) is 16.7 Å². The molecule has 3 rings (SSSR count). The number of aromatic nitrogens is 1. The lowest BCUT2D eigenvalue weighted by Gasteiger charge is -2.06. The molecule has 0 bridgehead atoms. The van der Waals surface area contributed by atoms with Gasteiger partial charge in [-0.2, -0.15) is 0 Å². The number of anilines is 1. The number of hydrogen-bond donors (Lipinski definition) is 1. The van der Waals surface area contributed by atoms with E-state index in [-0.39, 0.29) is 5.91 Å². The highest BCUT2D eigenvalue weighted by atomic mass is 79.9. The smallest absolute Gasteiger partial charge is 0.248 e. The maximum absolute atomic E-state index is 12.2. The van der Waals surface area contributed by atoms with Gasteiger partial charge in [0.1, 0.15) is 5.75 Å². The van der Waals surface area contributed by atoms with Gasteiger partial charge < -0.3 is 10.1 Å². The molecule has 0 spiro atoms. The van der Waals surface area contributed by atoms with Gasteiger partial charge in [0.25, 0.3) is 0 Å². The first-order chi connectivity index (χ1) is 13.1. The topological polar surface area (TPSA) is 51.2 Å². The monoisotopic (exact) mass is 422 g/mol. The van der Waals surface area contributed by atoms with Crippen LogP contribution < -0.4 is 10.1 Å². The van der Waals surface area contributed by atoms with E-state index in [4.69, 9.17) is 4.74 Å². The summed E-state index contributed by atoms with van der Waals surface area (Å²) in [6, 6.07) is 17.5. The zero-order valence-electron chi connectivity index (χ0n) is 14.9. The highest BCUT2D eigenvalue weighted by Crippen LogP contribution is 2.24. The van der Waals surface area contributed by atoms with Gasteiger partial charge in [-0.15, -0.1) is 0 Å². The lowest BCUT2D eigenvalue weighted by atomic mass is 10.1. The fourth-order valence-electron chi connectivity index (χ4n) is 2.63. The minimum atomic E-state index is -0.195. The van der Waals surface area contributed by atoms with Gasteiger partial charge in [-0.05, 0) is 66.1 Å². The molecule has 0 radical (unpaired) electrons. The molecule has 3 aromatic rings. The number of nitrogens with one attached hydrogen (secondary N) is 1. The molecule has 5 heteroatoms. The molecule has 1 amide bonds. The van der Waals surface area contributed by atoms with Crippen molar-refractivity contribution in [1.82, 2.24) is 4.98 Å². The highest BCUT2D eigenvalue weighted by Gasteiger charge is 2.03. The number of rotatable bonds is 6. The van der Waals surface area contributed by atoms with E-state index in [0.717, 1.165) is 22.1 Å². The normalized spacial score (nSPS) is 10.7. The number of nitrogens with zero attached hydrogens (tertiary/aromatic N) is 1. The van der Waals surface area contributed by atoms with Crippen LogP contribution in [0.3, 0.4) is 0 Å². The fraction of sp³-hybridized carbons (Fsp3) is 0.0909. The number of hydrogen-bond acceptors (Lipinski definition) is 3.